The molecule has 0 spiro atoms. The largest absolute Gasteiger partial charge is 0.417 e. The highest BCUT2D eigenvalue weighted by molar-refractivity contribution is 5.86. The van der Waals surface area contributed by atoms with E-state index in [-0.39, 0.29) is 30.4 Å². The SMILES string of the molecule is Cl.Cl.O=c1cc(-c2ccc(C(F)(F)F)cn2)ccn1-c1ccc2c3c([nH]c2c1)CCNCC3. The molecule has 1 aromatic carbocycles. The minimum absolute atomic E-state index is 0. The number of benzene rings is 1. The molecule has 0 saturated carbocycles. The number of pyridine rings is 2. The Labute approximate surface area is 199 Å². The van der Waals surface area contributed by atoms with Crippen molar-refractivity contribution in [1.29, 1.82) is 0 Å². The summed E-state index contributed by atoms with van der Waals surface area (Å²) >= 11 is 0. The molecule has 5 nitrogen and oxygen atoms in total. The Kier molecular flexibility index (Phi) is 7.21. The van der Waals surface area contributed by atoms with Crippen LogP contribution in [0, 0.1) is 0 Å². The predicted octanol–water partition coefficient (Wildman–Crippen LogP) is 4.93. The Morgan fingerprint density at radius 1 is 0.970 bits per heavy atom. The zero-order chi connectivity index (χ0) is 21.6. The summed E-state index contributed by atoms with van der Waals surface area (Å²) in [5.41, 5.74) is 3.94. The Bertz CT molecular complexity index is 1330. The lowest BCUT2D eigenvalue weighted by atomic mass is 10.1. The number of hydrogen-bond donors (Lipinski definition) is 2. The van der Waals surface area contributed by atoms with Crippen molar-refractivity contribution in [3.63, 3.8) is 0 Å². The summed E-state index contributed by atoms with van der Waals surface area (Å²) in [6, 6.07) is 11.2. The van der Waals surface area contributed by atoms with E-state index in [4.69, 9.17) is 0 Å². The van der Waals surface area contributed by atoms with E-state index >= 15 is 0 Å². The van der Waals surface area contributed by atoms with Gasteiger partial charge < -0.3 is 10.3 Å². The quantitative estimate of drug-likeness (QED) is 0.413. The van der Waals surface area contributed by atoms with Crippen LogP contribution in [0.5, 0.6) is 0 Å². The fourth-order valence-corrected chi connectivity index (χ4v) is 4.08. The maximum atomic E-state index is 12.8. The van der Waals surface area contributed by atoms with Crippen molar-refractivity contribution in [2.24, 2.45) is 0 Å². The molecule has 0 radical (unpaired) electrons. The highest BCUT2D eigenvalue weighted by Gasteiger charge is 2.30. The molecule has 33 heavy (non-hydrogen) atoms. The van der Waals surface area contributed by atoms with Crippen LogP contribution in [0.2, 0.25) is 0 Å². The molecule has 0 atom stereocenters. The molecule has 0 aliphatic carbocycles. The second-order valence-corrected chi connectivity index (χ2v) is 7.62. The molecular weight excluding hydrogens is 476 g/mol. The van der Waals surface area contributed by atoms with Crippen LogP contribution in [0.15, 0.2) is 59.7 Å². The first-order valence-electron chi connectivity index (χ1n) is 10.0. The van der Waals surface area contributed by atoms with E-state index in [2.05, 4.69) is 15.3 Å². The highest BCUT2D eigenvalue weighted by atomic mass is 35.5. The van der Waals surface area contributed by atoms with E-state index in [0.717, 1.165) is 49.4 Å². The molecule has 1 aliphatic rings. The summed E-state index contributed by atoms with van der Waals surface area (Å²) in [4.78, 5) is 20.1. The lowest BCUT2D eigenvalue weighted by Crippen LogP contribution is -2.17. The molecule has 0 saturated heterocycles. The first kappa shape index (κ1) is 24.8. The summed E-state index contributed by atoms with van der Waals surface area (Å²) in [6.45, 7) is 1.88. The van der Waals surface area contributed by atoms with Gasteiger partial charge in [-0.3, -0.25) is 14.3 Å². The first-order valence-corrected chi connectivity index (χ1v) is 10.0. The Hall–Kier alpha value is -2.81. The smallest absolute Gasteiger partial charge is 0.358 e. The minimum Gasteiger partial charge on any atom is -0.358 e. The van der Waals surface area contributed by atoms with Gasteiger partial charge in [0.1, 0.15) is 0 Å². The molecule has 3 aromatic heterocycles. The number of H-pyrrole nitrogens is 1. The van der Waals surface area contributed by atoms with Crippen LogP contribution in [0.1, 0.15) is 16.8 Å². The van der Waals surface area contributed by atoms with Gasteiger partial charge in [-0.25, -0.2) is 0 Å². The van der Waals surface area contributed by atoms with Crippen LogP contribution in [0.25, 0.3) is 27.8 Å². The number of aromatic amines is 1. The zero-order valence-corrected chi connectivity index (χ0v) is 18.9. The van der Waals surface area contributed by atoms with E-state index in [1.807, 2.05) is 18.2 Å². The minimum atomic E-state index is -4.44. The Morgan fingerprint density at radius 3 is 2.45 bits per heavy atom. The third kappa shape index (κ3) is 4.78. The lowest BCUT2D eigenvalue weighted by molar-refractivity contribution is -0.137. The van der Waals surface area contributed by atoms with Crippen molar-refractivity contribution < 1.29 is 13.2 Å². The van der Waals surface area contributed by atoms with E-state index in [1.165, 1.54) is 33.3 Å². The fraction of sp³-hybridized carbons (Fsp3) is 0.217. The highest BCUT2D eigenvalue weighted by Crippen LogP contribution is 2.30. The van der Waals surface area contributed by atoms with Gasteiger partial charge in [0.2, 0.25) is 0 Å². The molecule has 174 valence electrons. The van der Waals surface area contributed by atoms with Crippen molar-refractivity contribution >= 4 is 35.7 Å². The standard InChI is InChI=1S/C23H19F3N4O.2ClH/c24-23(25,26)15-1-4-19(28-13-15)14-7-10-30(22(31)11-14)16-2-3-17-18-5-8-27-9-6-20(18)29-21(17)12-16;;/h1-4,7,10-13,27,29H,5-6,8-9H2;2*1H. The number of alkyl halides is 3. The molecule has 0 amide bonds. The third-order valence-corrected chi connectivity index (χ3v) is 5.67. The van der Waals surface area contributed by atoms with Crippen molar-refractivity contribution in [3.05, 3.63) is 82.0 Å². The number of nitrogens with one attached hydrogen (secondary N) is 2. The molecule has 5 rings (SSSR count). The normalized spacial score (nSPS) is 13.5. The van der Waals surface area contributed by atoms with E-state index in [0.29, 0.717) is 11.3 Å². The topological polar surface area (TPSA) is 62.7 Å². The van der Waals surface area contributed by atoms with E-state index in [1.54, 1.807) is 12.3 Å². The van der Waals surface area contributed by atoms with Crippen molar-refractivity contribution in [2.45, 2.75) is 19.0 Å². The van der Waals surface area contributed by atoms with Gasteiger partial charge in [-0.1, -0.05) is 6.07 Å². The van der Waals surface area contributed by atoms with Crippen LogP contribution < -0.4 is 10.9 Å². The molecule has 4 aromatic rings. The van der Waals surface area contributed by atoms with Crippen molar-refractivity contribution in [2.75, 3.05) is 13.1 Å². The van der Waals surface area contributed by atoms with Gasteiger partial charge in [0.25, 0.3) is 5.56 Å². The zero-order valence-electron chi connectivity index (χ0n) is 17.3. The third-order valence-electron chi connectivity index (χ3n) is 5.67. The second kappa shape index (κ2) is 9.59. The van der Waals surface area contributed by atoms with Gasteiger partial charge in [-0.15, -0.1) is 24.8 Å². The summed E-state index contributed by atoms with van der Waals surface area (Å²) in [5, 5.41) is 4.56. The van der Waals surface area contributed by atoms with Crippen molar-refractivity contribution in [3.8, 4) is 16.9 Å². The molecule has 10 heteroatoms. The van der Waals surface area contributed by atoms with Gasteiger partial charge in [-0.2, -0.15) is 13.2 Å². The van der Waals surface area contributed by atoms with Gasteiger partial charge >= 0.3 is 6.18 Å². The van der Waals surface area contributed by atoms with Crippen LogP contribution in [-0.4, -0.2) is 27.6 Å². The monoisotopic (exact) mass is 496 g/mol. The van der Waals surface area contributed by atoms with Crippen LogP contribution in [0.4, 0.5) is 13.2 Å². The van der Waals surface area contributed by atoms with Crippen LogP contribution in [0.3, 0.4) is 0 Å². The van der Waals surface area contributed by atoms with E-state index < -0.39 is 11.7 Å². The van der Waals surface area contributed by atoms with E-state index in [9.17, 15) is 18.0 Å². The number of hydrogen-bond acceptors (Lipinski definition) is 3. The number of nitrogens with zero attached hydrogens (tertiary/aromatic N) is 2. The summed E-state index contributed by atoms with van der Waals surface area (Å²) in [7, 11) is 0. The maximum absolute atomic E-state index is 12.8. The van der Waals surface area contributed by atoms with Crippen LogP contribution in [-0.2, 0) is 19.0 Å². The number of fused-ring (bicyclic) bond motifs is 3. The average Bonchev–Trinajstić information content (AvgIpc) is 2.93. The fourth-order valence-electron chi connectivity index (χ4n) is 4.08. The first-order chi connectivity index (χ1) is 14.9. The Balaban J connectivity index is 0.00000153. The van der Waals surface area contributed by atoms with Gasteiger partial charge in [0, 0.05) is 53.6 Å². The molecule has 1 aliphatic heterocycles. The van der Waals surface area contributed by atoms with Crippen LogP contribution >= 0.6 is 24.8 Å². The molecule has 0 unspecified atom stereocenters. The number of halogens is 5. The Morgan fingerprint density at radius 2 is 1.76 bits per heavy atom. The number of rotatable bonds is 2. The van der Waals surface area contributed by atoms with Gasteiger partial charge in [-0.05, 0) is 48.9 Å². The summed E-state index contributed by atoms with van der Waals surface area (Å²) < 4.78 is 39.7. The molecule has 0 fully saturated rings. The summed E-state index contributed by atoms with van der Waals surface area (Å²) in [6.07, 6.45) is -0.145. The average molecular weight is 497 g/mol. The predicted molar refractivity (Wildman–Crippen MR) is 127 cm³/mol. The molecular formula is C23H21Cl2F3N4O. The summed E-state index contributed by atoms with van der Waals surface area (Å²) in [5.74, 6) is 0. The maximum Gasteiger partial charge on any atom is 0.417 e. The van der Waals surface area contributed by atoms with Gasteiger partial charge in [0.05, 0.1) is 16.9 Å². The van der Waals surface area contributed by atoms with Gasteiger partial charge in [0.15, 0.2) is 0 Å². The van der Waals surface area contributed by atoms with Crippen molar-refractivity contribution in [1.82, 2.24) is 19.9 Å². The lowest BCUT2D eigenvalue weighted by Gasteiger charge is -2.09. The second-order valence-electron chi connectivity index (χ2n) is 7.62. The number of aromatic nitrogens is 3. The molecule has 4 heterocycles. The molecule has 2 N–H and O–H groups in total. The molecule has 0 bridgehead atoms.